The van der Waals surface area contributed by atoms with Gasteiger partial charge in [0.15, 0.2) is 5.15 Å². The summed E-state index contributed by atoms with van der Waals surface area (Å²) in [6.45, 7) is 0. The van der Waals surface area contributed by atoms with E-state index >= 15 is 0 Å². The van der Waals surface area contributed by atoms with Gasteiger partial charge in [0.05, 0.1) is 7.11 Å². The fourth-order valence-electron chi connectivity index (χ4n) is 2.06. The molecule has 0 aliphatic heterocycles. The van der Waals surface area contributed by atoms with Crippen LogP contribution in [0.5, 0.6) is 5.88 Å². The van der Waals surface area contributed by atoms with Gasteiger partial charge in [-0.05, 0) is 23.8 Å². The minimum absolute atomic E-state index is 0.394. The molecule has 3 aromatic rings. The Bertz CT molecular complexity index is 765. The Balaban J connectivity index is 1.90. The smallest absolute Gasteiger partial charge is 0.241 e. The number of nitrogens with zero attached hydrogens (tertiary/aromatic N) is 2. The molecule has 2 aromatic carbocycles. The number of hydrogen-bond acceptors (Lipinski definition) is 4. The van der Waals surface area contributed by atoms with Crippen molar-refractivity contribution in [1.29, 1.82) is 0 Å². The lowest BCUT2D eigenvalue weighted by molar-refractivity contribution is 0.398. The van der Waals surface area contributed by atoms with Crippen molar-refractivity contribution in [1.82, 2.24) is 10.2 Å². The van der Waals surface area contributed by atoms with Gasteiger partial charge in [-0.1, -0.05) is 41.9 Å². The van der Waals surface area contributed by atoms with Crippen molar-refractivity contribution in [2.24, 2.45) is 0 Å². The van der Waals surface area contributed by atoms with Gasteiger partial charge in [0.1, 0.15) is 0 Å². The zero-order valence-corrected chi connectivity index (χ0v) is 13.0. The zero-order chi connectivity index (χ0) is 14.7. The fraction of sp³-hybridized carbons (Fsp3) is 0.125. The molecule has 0 spiro atoms. The topological polar surface area (TPSA) is 35.0 Å². The van der Waals surface area contributed by atoms with Crippen LogP contribution in [0.1, 0.15) is 5.56 Å². The van der Waals surface area contributed by atoms with Crippen molar-refractivity contribution in [3.05, 3.63) is 59.2 Å². The van der Waals surface area contributed by atoms with E-state index in [1.165, 1.54) is 5.56 Å². The Hall–Kier alpha value is -1.78. The molecule has 0 unspecified atom stereocenters. The molecule has 0 amide bonds. The van der Waals surface area contributed by atoms with Gasteiger partial charge in [-0.15, -0.1) is 22.0 Å². The highest BCUT2D eigenvalue weighted by Crippen LogP contribution is 2.32. The molecule has 0 aliphatic rings. The molecule has 0 saturated carbocycles. The minimum atomic E-state index is 0.394. The van der Waals surface area contributed by atoms with E-state index in [0.717, 1.165) is 21.4 Å². The summed E-state index contributed by atoms with van der Waals surface area (Å²) in [5.41, 5.74) is 1.29. The lowest BCUT2D eigenvalue weighted by Crippen LogP contribution is -1.93. The number of halogens is 1. The first kappa shape index (κ1) is 14.2. The largest absolute Gasteiger partial charge is 0.479 e. The summed E-state index contributed by atoms with van der Waals surface area (Å²) in [7, 11) is 1.58. The molecule has 21 heavy (non-hydrogen) atoms. The molecule has 0 atom stereocenters. The lowest BCUT2D eigenvalue weighted by Gasteiger charge is -2.07. The molecule has 0 N–H and O–H groups in total. The maximum Gasteiger partial charge on any atom is 0.241 e. The number of methoxy groups -OCH3 is 1. The van der Waals surface area contributed by atoms with Gasteiger partial charge in [0, 0.05) is 21.4 Å². The monoisotopic (exact) mass is 316 g/mol. The Morgan fingerprint density at radius 2 is 1.86 bits per heavy atom. The highest BCUT2D eigenvalue weighted by Gasteiger charge is 2.09. The average molecular weight is 317 g/mol. The second-order valence-electron chi connectivity index (χ2n) is 4.48. The summed E-state index contributed by atoms with van der Waals surface area (Å²) in [6.07, 6.45) is 0. The van der Waals surface area contributed by atoms with Gasteiger partial charge < -0.3 is 4.74 Å². The van der Waals surface area contributed by atoms with E-state index in [-0.39, 0.29) is 0 Å². The van der Waals surface area contributed by atoms with Gasteiger partial charge >= 0.3 is 0 Å². The summed E-state index contributed by atoms with van der Waals surface area (Å²) >= 11 is 7.84. The van der Waals surface area contributed by atoms with Crippen molar-refractivity contribution in [3.8, 4) is 5.88 Å². The Labute approximate surface area is 132 Å². The normalized spacial score (nSPS) is 10.8. The maximum absolute atomic E-state index is 6.08. The molecule has 0 aliphatic carbocycles. The second-order valence-corrected chi connectivity index (χ2v) is 5.89. The van der Waals surface area contributed by atoms with Crippen molar-refractivity contribution in [2.75, 3.05) is 7.11 Å². The molecule has 5 heteroatoms. The van der Waals surface area contributed by atoms with E-state index in [9.17, 15) is 0 Å². The van der Waals surface area contributed by atoms with Gasteiger partial charge in [-0.3, -0.25) is 0 Å². The summed E-state index contributed by atoms with van der Waals surface area (Å²) < 4.78 is 5.26. The second kappa shape index (κ2) is 6.33. The predicted octanol–water partition coefficient (Wildman–Crippen LogP) is 4.58. The van der Waals surface area contributed by atoms with Crippen LogP contribution in [0.15, 0.2) is 53.4 Å². The van der Waals surface area contributed by atoms with Crippen molar-refractivity contribution < 1.29 is 4.74 Å². The molecule has 3 nitrogen and oxygen atoms in total. The maximum atomic E-state index is 6.08. The van der Waals surface area contributed by atoms with Crippen LogP contribution < -0.4 is 4.74 Å². The van der Waals surface area contributed by atoms with Crippen LogP contribution in [0.25, 0.3) is 10.8 Å². The molecule has 106 valence electrons. The first-order valence-corrected chi connectivity index (χ1v) is 7.81. The predicted molar refractivity (Wildman–Crippen MR) is 87.1 cm³/mol. The summed E-state index contributed by atoms with van der Waals surface area (Å²) in [4.78, 5) is 1.15. The number of thioether (sulfide) groups is 1. The molecule has 1 aromatic heterocycles. The van der Waals surface area contributed by atoms with Crippen molar-refractivity contribution in [2.45, 2.75) is 10.6 Å². The number of ether oxygens (including phenoxy) is 1. The molecular weight excluding hydrogens is 304 g/mol. The molecule has 3 rings (SSSR count). The lowest BCUT2D eigenvalue weighted by atomic mass is 10.2. The van der Waals surface area contributed by atoms with Gasteiger partial charge in [-0.2, -0.15) is 0 Å². The average Bonchev–Trinajstić information content (AvgIpc) is 2.54. The highest BCUT2D eigenvalue weighted by atomic mass is 35.5. The van der Waals surface area contributed by atoms with Gasteiger partial charge in [-0.25, -0.2) is 0 Å². The molecule has 0 fully saturated rings. The Morgan fingerprint density at radius 3 is 2.62 bits per heavy atom. The van der Waals surface area contributed by atoms with E-state index in [4.69, 9.17) is 16.3 Å². The van der Waals surface area contributed by atoms with Crippen molar-refractivity contribution in [3.63, 3.8) is 0 Å². The molecule has 0 saturated heterocycles. The number of fused-ring (bicyclic) bond motifs is 1. The quantitative estimate of drug-likeness (QED) is 0.660. The number of rotatable bonds is 4. The standard InChI is InChI=1S/C16H13ClN2OS/c1-20-16-14-9-12(7-8-13(14)15(17)18-19-16)21-10-11-5-3-2-4-6-11/h2-9H,10H2,1H3. The third-order valence-electron chi connectivity index (χ3n) is 3.11. The summed E-state index contributed by atoms with van der Waals surface area (Å²) in [5.74, 6) is 1.41. The van der Waals surface area contributed by atoms with Gasteiger partial charge in [0.25, 0.3) is 0 Å². The SMILES string of the molecule is COc1nnc(Cl)c2ccc(SCc3ccccc3)cc12. The number of aromatic nitrogens is 2. The minimum Gasteiger partial charge on any atom is -0.479 e. The van der Waals surface area contributed by atoms with Crippen LogP contribution >= 0.6 is 23.4 Å². The number of hydrogen-bond donors (Lipinski definition) is 0. The van der Waals surface area contributed by atoms with E-state index in [1.54, 1.807) is 18.9 Å². The number of benzene rings is 2. The molecule has 1 heterocycles. The Kier molecular flexibility index (Phi) is 4.27. The van der Waals surface area contributed by atoms with Crippen molar-refractivity contribution >= 4 is 34.1 Å². The van der Waals surface area contributed by atoms with E-state index in [2.05, 4.69) is 34.5 Å². The van der Waals surface area contributed by atoms with Gasteiger partial charge in [0.2, 0.25) is 5.88 Å². The van der Waals surface area contributed by atoms with E-state index < -0.39 is 0 Å². The van der Waals surface area contributed by atoms with Crippen LogP contribution in [0.2, 0.25) is 5.15 Å². The summed E-state index contributed by atoms with van der Waals surface area (Å²) in [6, 6.07) is 16.4. The zero-order valence-electron chi connectivity index (χ0n) is 11.4. The molecular formula is C16H13ClN2OS. The molecule has 0 radical (unpaired) electrons. The first-order chi connectivity index (χ1) is 10.3. The van der Waals surface area contributed by atoms with E-state index in [1.807, 2.05) is 24.3 Å². The third-order valence-corrected chi connectivity index (χ3v) is 4.46. The van der Waals surface area contributed by atoms with Crippen LogP contribution in [0, 0.1) is 0 Å². The Morgan fingerprint density at radius 1 is 1.05 bits per heavy atom. The van der Waals surface area contributed by atoms with Crippen LogP contribution in [0.3, 0.4) is 0 Å². The fourth-order valence-corrected chi connectivity index (χ4v) is 3.15. The van der Waals surface area contributed by atoms with Crippen LogP contribution in [-0.2, 0) is 5.75 Å². The summed E-state index contributed by atoms with van der Waals surface area (Å²) in [5, 5.41) is 9.99. The van der Waals surface area contributed by atoms with Crippen LogP contribution in [0.4, 0.5) is 0 Å². The molecule has 0 bridgehead atoms. The first-order valence-electron chi connectivity index (χ1n) is 6.44. The van der Waals surface area contributed by atoms with Crippen LogP contribution in [-0.4, -0.2) is 17.3 Å². The third kappa shape index (κ3) is 3.12. The van der Waals surface area contributed by atoms with E-state index in [0.29, 0.717) is 11.0 Å². The highest BCUT2D eigenvalue weighted by molar-refractivity contribution is 7.98.